The molecule has 0 aromatic heterocycles. The molecule has 1 amide bonds. The van der Waals surface area contributed by atoms with Crippen LogP contribution in [0, 0.1) is 0 Å². The number of carbonyl (C=O) groups is 1. The lowest BCUT2D eigenvalue weighted by Crippen LogP contribution is -2.38. The summed E-state index contributed by atoms with van der Waals surface area (Å²) < 4.78 is 0. The van der Waals surface area contributed by atoms with Crippen LogP contribution in [0.25, 0.3) is 0 Å². The highest BCUT2D eigenvalue weighted by Gasteiger charge is 2.23. The van der Waals surface area contributed by atoms with Crippen molar-refractivity contribution in [2.24, 2.45) is 0 Å². The lowest BCUT2D eigenvalue weighted by molar-refractivity contribution is -0.132. The van der Waals surface area contributed by atoms with Crippen molar-refractivity contribution in [1.82, 2.24) is 10.2 Å². The molecule has 27 heavy (non-hydrogen) atoms. The molecule has 0 saturated carbocycles. The fraction of sp³-hybridized carbons (Fsp3) is 0.174. The van der Waals surface area contributed by atoms with E-state index in [4.69, 9.17) is 11.6 Å². The van der Waals surface area contributed by atoms with Crippen molar-refractivity contribution in [2.75, 3.05) is 7.05 Å². The summed E-state index contributed by atoms with van der Waals surface area (Å²) in [7, 11) is 1.84. The Balaban J connectivity index is 1.74. The highest BCUT2D eigenvalue weighted by Crippen LogP contribution is 2.18. The van der Waals surface area contributed by atoms with E-state index in [1.807, 2.05) is 92.0 Å². The van der Waals surface area contributed by atoms with E-state index in [2.05, 4.69) is 5.32 Å². The Kier molecular flexibility index (Phi) is 6.64. The molecule has 0 spiro atoms. The van der Waals surface area contributed by atoms with Gasteiger partial charge in [-0.1, -0.05) is 84.4 Å². The Bertz CT molecular complexity index is 851. The summed E-state index contributed by atoms with van der Waals surface area (Å²) in [6.07, 6.45) is 0. The van der Waals surface area contributed by atoms with Crippen molar-refractivity contribution < 1.29 is 4.79 Å². The third-order valence-corrected chi connectivity index (χ3v) is 4.69. The standard InChI is InChI=1S/C23H23ClN2O/c1-26(17-19-8-4-2-5-9-19)23(27)22(20-10-6-3-7-11-20)25-16-18-12-14-21(24)15-13-18/h2-15,22,25H,16-17H2,1H3. The first kappa shape index (κ1) is 19.2. The van der Waals surface area contributed by atoms with Gasteiger partial charge in [-0.15, -0.1) is 0 Å². The zero-order valence-corrected chi connectivity index (χ0v) is 16.1. The third-order valence-electron chi connectivity index (χ3n) is 4.44. The van der Waals surface area contributed by atoms with Crippen molar-refractivity contribution in [3.8, 4) is 0 Å². The molecule has 138 valence electrons. The minimum absolute atomic E-state index is 0.0408. The minimum atomic E-state index is -0.407. The van der Waals surface area contributed by atoms with Crippen molar-refractivity contribution in [1.29, 1.82) is 0 Å². The van der Waals surface area contributed by atoms with E-state index < -0.39 is 6.04 Å². The Morgan fingerprint density at radius 3 is 2.11 bits per heavy atom. The number of halogens is 1. The third kappa shape index (κ3) is 5.43. The molecule has 0 aliphatic heterocycles. The van der Waals surface area contributed by atoms with E-state index >= 15 is 0 Å². The van der Waals surface area contributed by atoms with Crippen LogP contribution >= 0.6 is 11.6 Å². The van der Waals surface area contributed by atoms with Gasteiger partial charge in [-0.2, -0.15) is 0 Å². The molecule has 4 heteroatoms. The van der Waals surface area contributed by atoms with Gasteiger partial charge in [0.15, 0.2) is 0 Å². The summed E-state index contributed by atoms with van der Waals surface area (Å²) in [5, 5.41) is 4.11. The first-order valence-electron chi connectivity index (χ1n) is 8.95. The quantitative estimate of drug-likeness (QED) is 0.638. The highest BCUT2D eigenvalue weighted by atomic mass is 35.5. The summed E-state index contributed by atoms with van der Waals surface area (Å²) in [4.78, 5) is 14.9. The molecule has 3 aromatic carbocycles. The summed E-state index contributed by atoms with van der Waals surface area (Å²) in [5.41, 5.74) is 3.15. The van der Waals surface area contributed by atoms with Crippen LogP contribution in [-0.4, -0.2) is 17.9 Å². The van der Waals surface area contributed by atoms with E-state index in [1.165, 1.54) is 0 Å². The summed E-state index contributed by atoms with van der Waals surface area (Å²) in [6, 6.07) is 27.1. The van der Waals surface area contributed by atoms with Crippen molar-refractivity contribution >= 4 is 17.5 Å². The maximum Gasteiger partial charge on any atom is 0.244 e. The molecule has 0 saturated heterocycles. The smallest absolute Gasteiger partial charge is 0.244 e. The van der Waals surface area contributed by atoms with Crippen molar-refractivity contribution in [3.05, 3.63) is 107 Å². The fourth-order valence-electron chi connectivity index (χ4n) is 2.97. The molecule has 3 aromatic rings. The number of amides is 1. The van der Waals surface area contributed by atoms with Crippen LogP contribution in [0.15, 0.2) is 84.9 Å². The van der Waals surface area contributed by atoms with Crippen LogP contribution in [-0.2, 0) is 17.9 Å². The van der Waals surface area contributed by atoms with Gasteiger partial charge in [0.2, 0.25) is 5.91 Å². The molecule has 0 fully saturated rings. The average Bonchev–Trinajstić information content (AvgIpc) is 2.71. The summed E-state index contributed by atoms with van der Waals surface area (Å²) >= 11 is 5.96. The van der Waals surface area contributed by atoms with Gasteiger partial charge in [0, 0.05) is 25.2 Å². The molecule has 0 aliphatic rings. The van der Waals surface area contributed by atoms with Crippen LogP contribution in [0.5, 0.6) is 0 Å². The molecule has 0 heterocycles. The molecule has 1 atom stereocenters. The second-order valence-electron chi connectivity index (χ2n) is 6.53. The zero-order valence-electron chi connectivity index (χ0n) is 15.3. The Morgan fingerprint density at radius 2 is 1.48 bits per heavy atom. The van der Waals surface area contributed by atoms with Gasteiger partial charge in [0.1, 0.15) is 6.04 Å². The lowest BCUT2D eigenvalue weighted by atomic mass is 10.0. The van der Waals surface area contributed by atoms with E-state index in [9.17, 15) is 4.79 Å². The molecule has 0 radical (unpaired) electrons. The SMILES string of the molecule is CN(Cc1ccccc1)C(=O)C(NCc1ccc(Cl)cc1)c1ccccc1. The molecular weight excluding hydrogens is 356 g/mol. The number of hydrogen-bond acceptors (Lipinski definition) is 2. The molecule has 0 bridgehead atoms. The van der Waals surface area contributed by atoms with Crippen molar-refractivity contribution in [3.63, 3.8) is 0 Å². The van der Waals surface area contributed by atoms with Gasteiger partial charge in [0.05, 0.1) is 0 Å². The second-order valence-corrected chi connectivity index (χ2v) is 6.97. The van der Waals surface area contributed by atoms with Crippen LogP contribution in [0.4, 0.5) is 0 Å². The second kappa shape index (κ2) is 9.36. The monoisotopic (exact) mass is 378 g/mol. The molecular formula is C23H23ClN2O. The Morgan fingerprint density at radius 1 is 0.889 bits per heavy atom. The molecule has 0 aliphatic carbocycles. The summed E-state index contributed by atoms with van der Waals surface area (Å²) in [5.74, 6) is 0.0408. The van der Waals surface area contributed by atoms with E-state index in [0.29, 0.717) is 18.1 Å². The first-order valence-corrected chi connectivity index (χ1v) is 9.33. The van der Waals surface area contributed by atoms with Gasteiger partial charge < -0.3 is 4.90 Å². The lowest BCUT2D eigenvalue weighted by Gasteiger charge is -2.25. The topological polar surface area (TPSA) is 32.3 Å². The largest absolute Gasteiger partial charge is 0.340 e. The fourth-order valence-corrected chi connectivity index (χ4v) is 3.10. The average molecular weight is 379 g/mol. The van der Waals surface area contributed by atoms with Gasteiger partial charge in [-0.05, 0) is 28.8 Å². The van der Waals surface area contributed by atoms with Gasteiger partial charge in [0.25, 0.3) is 0 Å². The number of carbonyl (C=O) groups excluding carboxylic acids is 1. The predicted octanol–water partition coefficient (Wildman–Crippen LogP) is 4.83. The van der Waals surface area contributed by atoms with E-state index in [0.717, 1.165) is 16.7 Å². The molecule has 1 N–H and O–H groups in total. The van der Waals surface area contributed by atoms with Crippen LogP contribution in [0.1, 0.15) is 22.7 Å². The van der Waals surface area contributed by atoms with Crippen molar-refractivity contribution in [2.45, 2.75) is 19.1 Å². The minimum Gasteiger partial charge on any atom is -0.340 e. The van der Waals surface area contributed by atoms with Crippen LogP contribution < -0.4 is 5.32 Å². The van der Waals surface area contributed by atoms with Crippen LogP contribution in [0.3, 0.4) is 0 Å². The Hall–Kier alpha value is -2.62. The van der Waals surface area contributed by atoms with E-state index in [-0.39, 0.29) is 5.91 Å². The normalized spacial score (nSPS) is 11.8. The summed E-state index contributed by atoms with van der Waals surface area (Å²) in [6.45, 7) is 1.16. The maximum absolute atomic E-state index is 13.2. The number of hydrogen-bond donors (Lipinski definition) is 1. The molecule has 1 unspecified atom stereocenters. The maximum atomic E-state index is 13.2. The van der Waals surface area contributed by atoms with Gasteiger partial charge in [-0.25, -0.2) is 0 Å². The Labute approximate surface area is 165 Å². The van der Waals surface area contributed by atoms with Gasteiger partial charge >= 0.3 is 0 Å². The van der Waals surface area contributed by atoms with E-state index in [1.54, 1.807) is 4.90 Å². The zero-order chi connectivity index (χ0) is 19.1. The van der Waals surface area contributed by atoms with Gasteiger partial charge in [-0.3, -0.25) is 10.1 Å². The number of rotatable bonds is 7. The first-order chi connectivity index (χ1) is 13.1. The number of benzene rings is 3. The highest BCUT2D eigenvalue weighted by molar-refractivity contribution is 6.30. The number of likely N-dealkylation sites (N-methyl/N-ethyl adjacent to an activating group) is 1. The predicted molar refractivity (Wildman–Crippen MR) is 110 cm³/mol. The number of nitrogens with zero attached hydrogens (tertiary/aromatic N) is 1. The molecule has 3 rings (SSSR count). The van der Waals surface area contributed by atoms with Crippen LogP contribution in [0.2, 0.25) is 5.02 Å². The molecule has 3 nitrogen and oxygen atoms in total. The number of nitrogens with one attached hydrogen (secondary N) is 1.